The van der Waals surface area contributed by atoms with Crippen LogP contribution < -0.4 is 5.32 Å². The topological polar surface area (TPSA) is 73.2 Å². The molecule has 0 amide bonds. The predicted molar refractivity (Wildman–Crippen MR) is 64.1 cm³/mol. The number of hydrogen-bond donors (Lipinski definition) is 3. The molecule has 0 bridgehead atoms. The molecule has 1 rings (SSSR count). The third kappa shape index (κ3) is 4.50. The average molecular weight is 299 g/mol. The number of halogens is 4. The quantitative estimate of drug-likeness (QED) is 0.679. The van der Waals surface area contributed by atoms with Crippen LogP contribution in [0.25, 0.3) is 0 Å². The molecule has 0 saturated carbocycles. The molecule has 0 aromatic carbocycles. The number of carbonyl (C=O) groups excluding carboxylic acids is 1. The summed E-state index contributed by atoms with van der Waals surface area (Å²) in [6, 6.07) is -0.388. The molecule has 0 aromatic heterocycles. The molecule has 3 N–H and O–H groups in total. The summed E-state index contributed by atoms with van der Waals surface area (Å²) in [7, 11) is 0. The van der Waals surface area contributed by atoms with Crippen molar-refractivity contribution in [2.45, 2.75) is 31.5 Å². The van der Waals surface area contributed by atoms with E-state index in [1.807, 2.05) is 0 Å². The number of Topliss-reactive ketones (excluding diaryl/α,β-unsaturated/α-hetero) is 1. The highest BCUT2D eigenvalue weighted by atomic mass is 35.5. The van der Waals surface area contributed by atoms with Crippen LogP contribution in [0.2, 0.25) is 0 Å². The van der Waals surface area contributed by atoms with Gasteiger partial charge in [0.15, 0.2) is 0 Å². The fourth-order valence-electron chi connectivity index (χ4n) is 1.85. The van der Waals surface area contributed by atoms with Gasteiger partial charge in [0, 0.05) is 28.9 Å². The van der Waals surface area contributed by atoms with E-state index in [0.717, 1.165) is 0 Å². The van der Waals surface area contributed by atoms with Gasteiger partial charge in [-0.25, -0.2) is 0 Å². The molecule has 108 valence electrons. The summed E-state index contributed by atoms with van der Waals surface area (Å²) in [5, 5.41) is 20.2. The molecule has 0 spiro atoms. The molecule has 1 heterocycles. The minimum Gasteiger partial charge on any atom is -0.396 e. The number of aliphatic hydroxyl groups excluding tert-OH is 1. The van der Waals surface area contributed by atoms with E-state index in [0.29, 0.717) is 17.9 Å². The number of allylic oxidation sites excluding steroid dienone is 1. The van der Waals surface area contributed by atoms with Crippen molar-refractivity contribution in [3.05, 3.63) is 11.2 Å². The molecule has 2 unspecified atom stereocenters. The Kier molecular flexibility index (Phi) is 5.37. The van der Waals surface area contributed by atoms with Crippen LogP contribution in [0.5, 0.6) is 0 Å². The molecule has 4 nitrogen and oxygen atoms in total. The van der Waals surface area contributed by atoms with Crippen molar-refractivity contribution in [3.8, 4) is 0 Å². The van der Waals surface area contributed by atoms with Gasteiger partial charge < -0.3 is 15.8 Å². The second-order valence-electron chi connectivity index (χ2n) is 4.32. The van der Waals surface area contributed by atoms with Crippen LogP contribution in [0.3, 0.4) is 0 Å². The highest BCUT2D eigenvalue weighted by molar-refractivity contribution is 6.29. The fraction of sp³-hybridized carbons (Fsp3) is 0.636. The van der Waals surface area contributed by atoms with E-state index in [2.05, 4.69) is 5.32 Å². The summed E-state index contributed by atoms with van der Waals surface area (Å²) >= 11 is 5.73. The summed E-state index contributed by atoms with van der Waals surface area (Å²) in [5.41, 5.74) is -0.422. The van der Waals surface area contributed by atoms with E-state index in [-0.39, 0.29) is 6.04 Å². The van der Waals surface area contributed by atoms with Gasteiger partial charge >= 0.3 is 6.18 Å². The monoisotopic (exact) mass is 298 g/mol. The van der Waals surface area contributed by atoms with Crippen LogP contribution in [-0.2, 0) is 4.79 Å². The number of rotatable bonds is 5. The number of ketones is 1. The van der Waals surface area contributed by atoms with Crippen LogP contribution in [0.4, 0.5) is 13.2 Å². The molecule has 1 aliphatic rings. The van der Waals surface area contributed by atoms with Crippen molar-refractivity contribution >= 4 is 23.1 Å². The minimum atomic E-state index is -4.95. The normalized spacial score (nSPS) is 21.3. The molecule has 0 radical (unpaired) electrons. The molecular weight excluding hydrogens is 285 g/mol. The third-order valence-corrected chi connectivity index (χ3v) is 3.24. The molecule has 19 heavy (non-hydrogen) atoms. The molecular formula is C11H14ClF3N2O2. The van der Waals surface area contributed by atoms with Gasteiger partial charge in [0.2, 0.25) is 5.78 Å². The van der Waals surface area contributed by atoms with Gasteiger partial charge in [-0.2, -0.15) is 13.2 Å². The fourth-order valence-corrected chi connectivity index (χ4v) is 2.02. The van der Waals surface area contributed by atoms with Crippen molar-refractivity contribution in [1.82, 2.24) is 5.32 Å². The van der Waals surface area contributed by atoms with Crippen molar-refractivity contribution < 1.29 is 23.1 Å². The molecule has 0 saturated heterocycles. The van der Waals surface area contributed by atoms with E-state index in [1.165, 1.54) is 6.20 Å². The largest absolute Gasteiger partial charge is 0.450 e. The molecule has 0 aliphatic carbocycles. The number of hydrogen-bond acceptors (Lipinski definition) is 4. The second kappa shape index (κ2) is 6.38. The molecule has 2 atom stereocenters. The highest BCUT2D eigenvalue weighted by Gasteiger charge is 2.40. The maximum atomic E-state index is 12.1. The standard InChI is InChI=1S/C11H14ClF3N2O2/c12-6-1-2-9(17-4-6)7(5-18)8(16)3-10(19)11(13,14)15/h4,7,9,16-18H,1-3,5H2. The van der Waals surface area contributed by atoms with Crippen molar-refractivity contribution in [2.24, 2.45) is 5.92 Å². The van der Waals surface area contributed by atoms with Crippen LogP contribution in [0.1, 0.15) is 19.3 Å². The van der Waals surface area contributed by atoms with Gasteiger partial charge in [-0.05, 0) is 12.8 Å². The Morgan fingerprint density at radius 2 is 2.26 bits per heavy atom. The third-order valence-electron chi connectivity index (χ3n) is 2.95. The lowest BCUT2D eigenvalue weighted by atomic mass is 9.88. The van der Waals surface area contributed by atoms with E-state index in [1.54, 1.807) is 0 Å². The maximum Gasteiger partial charge on any atom is 0.450 e. The van der Waals surface area contributed by atoms with Crippen molar-refractivity contribution in [3.63, 3.8) is 0 Å². The van der Waals surface area contributed by atoms with E-state index in [4.69, 9.17) is 17.0 Å². The van der Waals surface area contributed by atoms with Crippen LogP contribution in [0.15, 0.2) is 11.2 Å². The lowest BCUT2D eigenvalue weighted by Crippen LogP contribution is -2.42. The van der Waals surface area contributed by atoms with Gasteiger partial charge in [0.25, 0.3) is 0 Å². The summed E-state index contributed by atoms with van der Waals surface area (Å²) in [5.74, 6) is -2.80. The Hall–Kier alpha value is -1.08. The summed E-state index contributed by atoms with van der Waals surface area (Å²) in [6.45, 7) is -0.493. The lowest BCUT2D eigenvalue weighted by Gasteiger charge is -2.29. The van der Waals surface area contributed by atoms with Gasteiger partial charge in [-0.3, -0.25) is 4.79 Å². The van der Waals surface area contributed by atoms with Gasteiger partial charge in [0.1, 0.15) is 0 Å². The van der Waals surface area contributed by atoms with Crippen molar-refractivity contribution in [2.75, 3.05) is 6.61 Å². The Morgan fingerprint density at radius 3 is 2.68 bits per heavy atom. The van der Waals surface area contributed by atoms with Crippen molar-refractivity contribution in [1.29, 1.82) is 5.41 Å². The summed E-state index contributed by atoms with van der Waals surface area (Å²) < 4.78 is 36.4. The first-order valence-corrected chi connectivity index (χ1v) is 6.02. The molecule has 8 heteroatoms. The van der Waals surface area contributed by atoms with Crippen LogP contribution in [-0.4, -0.2) is 35.4 Å². The average Bonchev–Trinajstić information content (AvgIpc) is 2.31. The van der Waals surface area contributed by atoms with Gasteiger partial charge in [-0.1, -0.05) is 11.6 Å². The first kappa shape index (κ1) is 16.0. The van der Waals surface area contributed by atoms with E-state index < -0.39 is 36.6 Å². The second-order valence-corrected chi connectivity index (χ2v) is 4.80. The first-order chi connectivity index (χ1) is 8.75. The Morgan fingerprint density at radius 1 is 1.63 bits per heavy atom. The number of carbonyl (C=O) groups is 1. The van der Waals surface area contributed by atoms with Crippen LogP contribution in [0, 0.1) is 11.3 Å². The highest BCUT2D eigenvalue weighted by Crippen LogP contribution is 2.24. The molecule has 0 aromatic rings. The Bertz CT molecular complexity index is 396. The maximum absolute atomic E-state index is 12.1. The zero-order chi connectivity index (χ0) is 14.6. The SMILES string of the molecule is N=C(CC(=O)C(F)(F)F)C(CO)C1CCC(Cl)=CN1. The van der Waals surface area contributed by atoms with Crippen LogP contribution >= 0.6 is 11.6 Å². The van der Waals surface area contributed by atoms with Gasteiger partial charge in [0.05, 0.1) is 13.0 Å². The minimum absolute atomic E-state index is 0.388. The summed E-state index contributed by atoms with van der Waals surface area (Å²) in [6.07, 6.45) is -3.46. The summed E-state index contributed by atoms with van der Waals surface area (Å²) in [4.78, 5) is 10.8. The lowest BCUT2D eigenvalue weighted by molar-refractivity contribution is -0.169. The smallest absolute Gasteiger partial charge is 0.396 e. The predicted octanol–water partition coefficient (Wildman–Crippen LogP) is 1.97. The first-order valence-electron chi connectivity index (χ1n) is 5.64. The zero-order valence-electron chi connectivity index (χ0n) is 9.93. The Labute approximate surface area is 113 Å². The van der Waals surface area contributed by atoms with E-state index >= 15 is 0 Å². The zero-order valence-corrected chi connectivity index (χ0v) is 10.7. The number of aliphatic hydroxyl groups is 1. The molecule has 1 aliphatic heterocycles. The number of nitrogens with one attached hydrogen (secondary N) is 2. The number of alkyl halides is 3. The Balaban J connectivity index is 2.65. The van der Waals surface area contributed by atoms with E-state index in [9.17, 15) is 23.1 Å². The molecule has 0 fully saturated rings. The van der Waals surface area contributed by atoms with Gasteiger partial charge in [-0.15, -0.1) is 0 Å².